The molecular weight excluding hydrogens is 439 g/mol. The zero-order valence-electron chi connectivity index (χ0n) is 16.0. The number of alkyl halides is 3. The highest BCUT2D eigenvalue weighted by Crippen LogP contribution is 2.37. The van der Waals surface area contributed by atoms with Crippen LogP contribution >= 0.6 is 22.9 Å². The number of carbonyl (C=O) groups excluding carboxylic acids is 1. The first kappa shape index (κ1) is 20.4. The van der Waals surface area contributed by atoms with E-state index in [0.717, 1.165) is 27.4 Å². The molecule has 1 aromatic carbocycles. The van der Waals surface area contributed by atoms with Crippen molar-refractivity contribution < 1.29 is 18.0 Å². The maximum atomic E-state index is 13.1. The van der Waals surface area contributed by atoms with Crippen LogP contribution in [0.4, 0.5) is 18.9 Å². The lowest BCUT2D eigenvalue weighted by Crippen LogP contribution is -2.11. The van der Waals surface area contributed by atoms with Crippen LogP contribution in [-0.4, -0.2) is 25.5 Å². The van der Waals surface area contributed by atoms with Crippen LogP contribution in [0.2, 0.25) is 5.02 Å². The van der Waals surface area contributed by atoms with Gasteiger partial charge in [-0.25, -0.2) is 4.68 Å². The Morgan fingerprint density at radius 3 is 2.40 bits per heavy atom. The number of fused-ring (bicyclic) bond motifs is 1. The molecular formula is C19H15ClF3N5OS. The summed E-state index contributed by atoms with van der Waals surface area (Å²) in [5.74, 6) is -0.494. The number of nitrogens with zero attached hydrogens (tertiary/aromatic N) is 4. The van der Waals surface area contributed by atoms with Crippen molar-refractivity contribution >= 4 is 44.7 Å². The second-order valence-electron chi connectivity index (χ2n) is 6.70. The number of thiophene rings is 1. The minimum absolute atomic E-state index is 0.0862. The molecule has 0 bridgehead atoms. The van der Waals surface area contributed by atoms with E-state index in [1.807, 2.05) is 13.8 Å². The topological polar surface area (TPSA) is 64.7 Å². The van der Waals surface area contributed by atoms with E-state index >= 15 is 0 Å². The normalized spacial score (nSPS) is 12.0. The molecule has 0 saturated heterocycles. The SMILES string of the molecule is Cc1nn(-c2ccc(NC(=O)c3cc4c(C(F)(F)F)nn(C)c4s3)cc2)c(C)c1Cl. The third kappa shape index (κ3) is 3.46. The molecule has 11 heteroatoms. The Hall–Kier alpha value is -2.85. The fourth-order valence-corrected chi connectivity index (χ4v) is 4.20. The molecule has 4 aromatic rings. The highest BCUT2D eigenvalue weighted by Gasteiger charge is 2.37. The summed E-state index contributed by atoms with van der Waals surface area (Å²) in [4.78, 5) is 13.0. The summed E-state index contributed by atoms with van der Waals surface area (Å²) in [5.41, 5.74) is 1.78. The number of amides is 1. The molecule has 3 aromatic heterocycles. The third-order valence-corrected chi connectivity index (χ3v) is 6.32. The molecule has 0 saturated carbocycles. The minimum Gasteiger partial charge on any atom is -0.321 e. The number of nitrogens with one attached hydrogen (secondary N) is 1. The van der Waals surface area contributed by atoms with Gasteiger partial charge in [0.05, 0.1) is 27.0 Å². The standard InChI is InChI=1S/C19H15ClF3N5OS/c1-9-15(20)10(2)28(25-9)12-6-4-11(5-7-12)24-17(29)14-8-13-16(19(21,22)23)26-27(3)18(13)30-14/h4-8H,1-3H3,(H,24,29). The highest BCUT2D eigenvalue weighted by molar-refractivity contribution is 7.20. The Bertz CT molecular complexity index is 1270. The molecule has 0 unspecified atom stereocenters. The number of aromatic nitrogens is 4. The van der Waals surface area contributed by atoms with Gasteiger partial charge in [0, 0.05) is 18.1 Å². The Morgan fingerprint density at radius 2 is 1.83 bits per heavy atom. The molecule has 0 aliphatic carbocycles. The molecule has 156 valence electrons. The van der Waals surface area contributed by atoms with Crippen LogP contribution in [0.1, 0.15) is 26.8 Å². The Balaban J connectivity index is 1.57. The van der Waals surface area contributed by atoms with E-state index in [-0.39, 0.29) is 15.1 Å². The van der Waals surface area contributed by atoms with Crippen LogP contribution in [0.5, 0.6) is 0 Å². The van der Waals surface area contributed by atoms with Crippen molar-refractivity contribution in [1.82, 2.24) is 19.6 Å². The molecule has 4 rings (SSSR count). The molecule has 30 heavy (non-hydrogen) atoms. The average Bonchev–Trinajstić information content (AvgIpc) is 3.32. The molecule has 0 radical (unpaired) electrons. The van der Waals surface area contributed by atoms with Crippen molar-refractivity contribution in [3.8, 4) is 5.69 Å². The number of anilines is 1. The maximum absolute atomic E-state index is 13.1. The molecule has 0 aliphatic heterocycles. The van der Waals surface area contributed by atoms with Gasteiger partial charge < -0.3 is 5.32 Å². The van der Waals surface area contributed by atoms with E-state index in [0.29, 0.717) is 16.4 Å². The zero-order valence-corrected chi connectivity index (χ0v) is 17.6. The first-order valence-corrected chi connectivity index (χ1v) is 9.93. The summed E-state index contributed by atoms with van der Waals surface area (Å²) in [6, 6.07) is 8.13. The smallest absolute Gasteiger partial charge is 0.321 e. The first-order chi connectivity index (χ1) is 14.1. The predicted molar refractivity (Wildman–Crippen MR) is 110 cm³/mol. The van der Waals surface area contributed by atoms with E-state index in [2.05, 4.69) is 15.5 Å². The molecule has 1 N–H and O–H groups in total. The third-order valence-electron chi connectivity index (χ3n) is 4.58. The van der Waals surface area contributed by atoms with Crippen molar-refractivity contribution in [2.24, 2.45) is 7.05 Å². The van der Waals surface area contributed by atoms with Crippen molar-refractivity contribution in [3.63, 3.8) is 0 Å². The Labute approximate surface area is 177 Å². The lowest BCUT2D eigenvalue weighted by molar-refractivity contribution is -0.140. The van der Waals surface area contributed by atoms with E-state index in [1.165, 1.54) is 13.1 Å². The van der Waals surface area contributed by atoms with Gasteiger partial charge in [0.2, 0.25) is 0 Å². The Morgan fingerprint density at radius 1 is 1.17 bits per heavy atom. The summed E-state index contributed by atoms with van der Waals surface area (Å²) in [6.45, 7) is 3.66. The van der Waals surface area contributed by atoms with Crippen LogP contribution < -0.4 is 5.32 Å². The Kier molecular flexibility index (Phi) is 4.86. The van der Waals surface area contributed by atoms with E-state index in [1.54, 1.807) is 28.9 Å². The fraction of sp³-hybridized carbons (Fsp3) is 0.211. The molecule has 1 amide bonds. The van der Waals surface area contributed by atoms with Crippen LogP contribution in [0.25, 0.3) is 15.9 Å². The highest BCUT2D eigenvalue weighted by atomic mass is 35.5. The summed E-state index contributed by atoms with van der Waals surface area (Å²) < 4.78 is 42.2. The van der Waals surface area contributed by atoms with Crippen LogP contribution in [0.15, 0.2) is 30.3 Å². The molecule has 0 fully saturated rings. The lowest BCUT2D eigenvalue weighted by atomic mass is 10.2. The lowest BCUT2D eigenvalue weighted by Gasteiger charge is -2.07. The molecule has 0 spiro atoms. The second-order valence-corrected chi connectivity index (χ2v) is 8.11. The van der Waals surface area contributed by atoms with Crippen molar-refractivity contribution in [3.05, 3.63) is 57.3 Å². The number of aryl methyl sites for hydroxylation is 2. The zero-order chi connectivity index (χ0) is 21.8. The number of benzene rings is 1. The van der Waals surface area contributed by atoms with Crippen LogP contribution in [0, 0.1) is 13.8 Å². The number of hydrogen-bond donors (Lipinski definition) is 1. The first-order valence-electron chi connectivity index (χ1n) is 8.73. The largest absolute Gasteiger partial charge is 0.435 e. The summed E-state index contributed by atoms with van der Waals surface area (Å²) >= 11 is 7.13. The van der Waals surface area contributed by atoms with Crippen LogP contribution in [-0.2, 0) is 13.2 Å². The fourth-order valence-electron chi connectivity index (χ4n) is 3.12. The number of carbonyl (C=O) groups is 1. The van der Waals surface area contributed by atoms with Gasteiger partial charge in [0.1, 0.15) is 4.83 Å². The minimum atomic E-state index is -4.59. The summed E-state index contributed by atoms with van der Waals surface area (Å²) in [7, 11) is 1.42. The van der Waals surface area contributed by atoms with E-state index in [4.69, 9.17) is 11.6 Å². The predicted octanol–water partition coefficient (Wildman–Crippen LogP) is 5.36. The van der Waals surface area contributed by atoms with Gasteiger partial charge in [-0.05, 0) is 44.2 Å². The van der Waals surface area contributed by atoms with Gasteiger partial charge in [-0.2, -0.15) is 23.4 Å². The molecule has 0 aliphatic rings. The van der Waals surface area contributed by atoms with Gasteiger partial charge in [0.25, 0.3) is 5.91 Å². The van der Waals surface area contributed by atoms with Gasteiger partial charge in [-0.1, -0.05) is 11.6 Å². The van der Waals surface area contributed by atoms with Crippen LogP contribution in [0.3, 0.4) is 0 Å². The summed E-state index contributed by atoms with van der Waals surface area (Å²) in [6.07, 6.45) is -4.59. The van der Waals surface area contributed by atoms with Crippen molar-refractivity contribution in [2.45, 2.75) is 20.0 Å². The summed E-state index contributed by atoms with van der Waals surface area (Å²) in [5, 5.41) is 11.1. The van der Waals surface area contributed by atoms with Gasteiger partial charge >= 0.3 is 6.18 Å². The average molecular weight is 454 g/mol. The van der Waals surface area contributed by atoms with Gasteiger partial charge in [0.15, 0.2) is 5.69 Å². The van der Waals surface area contributed by atoms with Gasteiger partial charge in [-0.3, -0.25) is 9.48 Å². The molecule has 3 heterocycles. The van der Waals surface area contributed by atoms with Crippen molar-refractivity contribution in [2.75, 3.05) is 5.32 Å². The number of halogens is 4. The van der Waals surface area contributed by atoms with Crippen molar-refractivity contribution in [1.29, 1.82) is 0 Å². The quantitative estimate of drug-likeness (QED) is 0.454. The molecule has 0 atom stereocenters. The number of rotatable bonds is 3. The number of hydrogen-bond acceptors (Lipinski definition) is 4. The maximum Gasteiger partial charge on any atom is 0.435 e. The van der Waals surface area contributed by atoms with Gasteiger partial charge in [-0.15, -0.1) is 11.3 Å². The molecule has 6 nitrogen and oxygen atoms in total. The monoisotopic (exact) mass is 453 g/mol. The van der Waals surface area contributed by atoms with E-state index < -0.39 is 17.8 Å². The van der Waals surface area contributed by atoms with E-state index in [9.17, 15) is 18.0 Å². The second kappa shape index (κ2) is 7.13.